The first-order valence-corrected chi connectivity index (χ1v) is 6.77. The number of hydrogen-bond donors (Lipinski definition) is 1. The third-order valence-corrected chi connectivity index (χ3v) is 3.50. The average molecular weight is 268 g/mol. The van der Waals surface area contributed by atoms with E-state index in [0.29, 0.717) is 18.2 Å². The smallest absolute Gasteiger partial charge is 0.356 e. The fraction of sp³-hybridized carbons (Fsp3) is 0.250. The van der Waals surface area contributed by atoms with Gasteiger partial charge < -0.3 is 4.74 Å². The SMILES string of the molecule is CCOC(=O)c1[nH]nc2c1C=C[C@H](c1ccccc1)C2. The Balaban J connectivity index is 1.87. The Hall–Kier alpha value is -2.36. The van der Waals surface area contributed by atoms with E-state index in [4.69, 9.17) is 4.74 Å². The van der Waals surface area contributed by atoms with Gasteiger partial charge in [-0.2, -0.15) is 5.10 Å². The van der Waals surface area contributed by atoms with Crippen molar-refractivity contribution >= 4 is 12.0 Å². The van der Waals surface area contributed by atoms with Crippen LogP contribution in [0.1, 0.15) is 40.2 Å². The number of ether oxygens (including phenoxy) is 1. The predicted molar refractivity (Wildman–Crippen MR) is 76.5 cm³/mol. The molecule has 0 amide bonds. The van der Waals surface area contributed by atoms with Crippen LogP contribution in [0.5, 0.6) is 0 Å². The van der Waals surface area contributed by atoms with Gasteiger partial charge in [-0.3, -0.25) is 5.10 Å². The number of H-pyrrole nitrogens is 1. The van der Waals surface area contributed by atoms with Crippen LogP contribution in [0, 0.1) is 0 Å². The summed E-state index contributed by atoms with van der Waals surface area (Å²) in [5.41, 5.74) is 3.49. The summed E-state index contributed by atoms with van der Waals surface area (Å²) in [5, 5.41) is 7.06. The Morgan fingerprint density at radius 3 is 2.95 bits per heavy atom. The molecule has 1 atom stereocenters. The zero-order valence-electron chi connectivity index (χ0n) is 11.3. The summed E-state index contributed by atoms with van der Waals surface area (Å²) in [6.07, 6.45) is 4.88. The van der Waals surface area contributed by atoms with E-state index in [2.05, 4.69) is 28.4 Å². The van der Waals surface area contributed by atoms with Crippen molar-refractivity contribution in [2.24, 2.45) is 0 Å². The van der Waals surface area contributed by atoms with Crippen LogP contribution in [-0.2, 0) is 11.2 Å². The van der Waals surface area contributed by atoms with E-state index in [-0.39, 0.29) is 5.97 Å². The topological polar surface area (TPSA) is 55.0 Å². The number of allylic oxidation sites excluding steroid dienone is 1. The van der Waals surface area contributed by atoms with Gasteiger partial charge in [0.1, 0.15) is 0 Å². The van der Waals surface area contributed by atoms with Gasteiger partial charge in [0.15, 0.2) is 5.69 Å². The normalized spacial score (nSPS) is 16.8. The van der Waals surface area contributed by atoms with Crippen molar-refractivity contribution in [3.8, 4) is 0 Å². The zero-order chi connectivity index (χ0) is 13.9. The number of carbonyl (C=O) groups excluding carboxylic acids is 1. The number of aromatic amines is 1. The molecule has 0 unspecified atom stereocenters. The van der Waals surface area contributed by atoms with E-state index in [1.54, 1.807) is 6.92 Å². The van der Waals surface area contributed by atoms with Crippen LogP contribution in [0.2, 0.25) is 0 Å². The molecule has 1 aliphatic rings. The Labute approximate surface area is 117 Å². The first kappa shape index (κ1) is 12.7. The number of rotatable bonds is 3. The summed E-state index contributed by atoms with van der Waals surface area (Å²) in [6, 6.07) is 10.3. The number of fused-ring (bicyclic) bond motifs is 1. The van der Waals surface area contributed by atoms with Gasteiger partial charge in [0.05, 0.1) is 12.3 Å². The Morgan fingerprint density at radius 1 is 1.40 bits per heavy atom. The van der Waals surface area contributed by atoms with Crippen LogP contribution in [0.4, 0.5) is 0 Å². The highest BCUT2D eigenvalue weighted by Crippen LogP contribution is 2.30. The number of nitrogens with one attached hydrogen (secondary N) is 1. The van der Waals surface area contributed by atoms with Crippen LogP contribution in [-0.4, -0.2) is 22.8 Å². The van der Waals surface area contributed by atoms with Gasteiger partial charge >= 0.3 is 5.97 Å². The lowest BCUT2D eigenvalue weighted by Crippen LogP contribution is -2.09. The molecule has 1 aromatic carbocycles. The van der Waals surface area contributed by atoms with Crippen LogP contribution in [0.15, 0.2) is 36.4 Å². The Bertz CT molecular complexity index is 644. The Morgan fingerprint density at radius 2 is 2.20 bits per heavy atom. The highest BCUT2D eigenvalue weighted by molar-refractivity contribution is 5.92. The number of esters is 1. The second kappa shape index (κ2) is 5.33. The largest absolute Gasteiger partial charge is 0.461 e. The summed E-state index contributed by atoms with van der Waals surface area (Å²) >= 11 is 0. The minimum atomic E-state index is -0.343. The number of aromatic nitrogens is 2. The van der Waals surface area contributed by atoms with E-state index < -0.39 is 0 Å². The number of benzene rings is 1. The quantitative estimate of drug-likeness (QED) is 0.871. The molecule has 102 valence electrons. The molecule has 1 aromatic heterocycles. The van der Waals surface area contributed by atoms with Crippen molar-refractivity contribution in [2.45, 2.75) is 19.3 Å². The van der Waals surface area contributed by atoms with Crippen LogP contribution < -0.4 is 0 Å². The zero-order valence-corrected chi connectivity index (χ0v) is 11.3. The van der Waals surface area contributed by atoms with E-state index >= 15 is 0 Å². The Kier molecular flexibility index (Phi) is 3.37. The lowest BCUT2D eigenvalue weighted by molar-refractivity contribution is 0.0519. The molecule has 3 rings (SSSR count). The third kappa shape index (κ3) is 2.25. The van der Waals surface area contributed by atoms with Crippen molar-refractivity contribution in [1.82, 2.24) is 10.2 Å². The lowest BCUT2D eigenvalue weighted by atomic mass is 9.88. The molecule has 0 saturated carbocycles. The molecule has 0 radical (unpaired) electrons. The van der Waals surface area contributed by atoms with Crippen LogP contribution in [0.25, 0.3) is 6.08 Å². The molecule has 1 aliphatic carbocycles. The first-order valence-electron chi connectivity index (χ1n) is 6.77. The van der Waals surface area contributed by atoms with E-state index in [1.807, 2.05) is 24.3 Å². The van der Waals surface area contributed by atoms with Gasteiger partial charge in [0, 0.05) is 17.9 Å². The third-order valence-electron chi connectivity index (χ3n) is 3.50. The molecule has 4 nitrogen and oxygen atoms in total. The van der Waals surface area contributed by atoms with Gasteiger partial charge in [0.2, 0.25) is 0 Å². The fourth-order valence-electron chi connectivity index (χ4n) is 2.50. The molecule has 0 fully saturated rings. The van der Waals surface area contributed by atoms with Crippen LogP contribution >= 0.6 is 0 Å². The molecule has 0 spiro atoms. The number of carbonyl (C=O) groups is 1. The number of nitrogens with zero attached hydrogens (tertiary/aromatic N) is 1. The highest BCUT2D eigenvalue weighted by Gasteiger charge is 2.24. The summed E-state index contributed by atoms with van der Waals surface area (Å²) in [5.74, 6) is -0.0360. The standard InChI is InChI=1S/C16H16N2O2/c1-2-20-16(19)15-13-9-8-12(10-14(13)17-18-15)11-6-4-3-5-7-11/h3-9,12H,2,10H2,1H3,(H,17,18)/t12-/m0/s1. The highest BCUT2D eigenvalue weighted by atomic mass is 16.5. The summed E-state index contributed by atoms with van der Waals surface area (Å²) < 4.78 is 5.02. The minimum absolute atomic E-state index is 0.307. The van der Waals surface area contributed by atoms with Crippen molar-refractivity contribution < 1.29 is 9.53 Å². The maximum Gasteiger partial charge on any atom is 0.356 e. The minimum Gasteiger partial charge on any atom is -0.461 e. The van der Waals surface area contributed by atoms with E-state index in [1.165, 1.54) is 5.56 Å². The molecule has 0 saturated heterocycles. The number of hydrogen-bond acceptors (Lipinski definition) is 3. The van der Waals surface area contributed by atoms with E-state index in [0.717, 1.165) is 17.7 Å². The summed E-state index contributed by atoms with van der Waals surface area (Å²) in [4.78, 5) is 11.8. The molecule has 1 heterocycles. The maximum absolute atomic E-state index is 11.8. The maximum atomic E-state index is 11.8. The van der Waals surface area contributed by atoms with Crippen molar-refractivity contribution in [3.05, 3.63) is 58.9 Å². The average Bonchev–Trinajstić information content (AvgIpc) is 2.91. The van der Waals surface area contributed by atoms with Gasteiger partial charge in [-0.05, 0) is 12.5 Å². The second-order valence-electron chi connectivity index (χ2n) is 4.76. The molecule has 20 heavy (non-hydrogen) atoms. The predicted octanol–water partition coefficient (Wildman–Crippen LogP) is 2.94. The van der Waals surface area contributed by atoms with Crippen molar-refractivity contribution in [1.29, 1.82) is 0 Å². The molecular formula is C16H16N2O2. The van der Waals surface area contributed by atoms with Crippen LogP contribution in [0.3, 0.4) is 0 Å². The first-order chi connectivity index (χ1) is 9.79. The molecular weight excluding hydrogens is 252 g/mol. The van der Waals surface area contributed by atoms with Gasteiger partial charge in [0.25, 0.3) is 0 Å². The van der Waals surface area contributed by atoms with Crippen molar-refractivity contribution in [2.75, 3.05) is 6.61 Å². The van der Waals surface area contributed by atoms with E-state index in [9.17, 15) is 4.79 Å². The summed E-state index contributed by atoms with van der Waals surface area (Å²) in [6.45, 7) is 2.16. The molecule has 4 heteroatoms. The molecule has 2 aromatic rings. The van der Waals surface area contributed by atoms with Crippen molar-refractivity contribution in [3.63, 3.8) is 0 Å². The van der Waals surface area contributed by atoms with Gasteiger partial charge in [-0.15, -0.1) is 0 Å². The molecule has 0 bridgehead atoms. The monoisotopic (exact) mass is 268 g/mol. The van der Waals surface area contributed by atoms with Gasteiger partial charge in [-0.1, -0.05) is 42.5 Å². The summed E-state index contributed by atoms with van der Waals surface area (Å²) in [7, 11) is 0. The lowest BCUT2D eigenvalue weighted by Gasteiger charge is -2.16. The molecule has 1 N–H and O–H groups in total. The fourth-order valence-corrected chi connectivity index (χ4v) is 2.50. The van der Waals surface area contributed by atoms with Gasteiger partial charge in [-0.25, -0.2) is 4.79 Å². The second-order valence-corrected chi connectivity index (χ2v) is 4.76. The molecule has 0 aliphatic heterocycles.